The van der Waals surface area contributed by atoms with Crippen molar-refractivity contribution in [3.63, 3.8) is 0 Å². The minimum atomic E-state index is 0.113. The zero-order valence-corrected chi connectivity index (χ0v) is 17.6. The molecule has 3 atom stereocenters. The van der Waals surface area contributed by atoms with Crippen molar-refractivity contribution >= 4 is 40.6 Å². The molecule has 2 fully saturated rings. The van der Waals surface area contributed by atoms with E-state index in [0.717, 1.165) is 28.8 Å². The molecular weight excluding hydrogens is 386 g/mol. The molecule has 0 unspecified atom stereocenters. The standard InChI is InChI=1S/C22H26ClN5O/c1-27(17-8-13-3-4-14(7-13)9-17)22-24-12-18(23)21(26-22)25-16-5-6-19-15(10-16)11-20(29)28(19)2/h5-6,10,12-14,17H,3-4,7-9,11H2,1-2H3,(H,24,25,26)/t13-,14+,17-. The van der Waals surface area contributed by atoms with Crippen LogP contribution in [0.5, 0.6) is 0 Å². The predicted octanol–water partition coefficient (Wildman–Crippen LogP) is 4.41. The molecule has 6 nitrogen and oxygen atoms in total. The molecule has 29 heavy (non-hydrogen) atoms. The highest BCUT2D eigenvalue weighted by Crippen LogP contribution is 2.43. The number of aromatic nitrogens is 2. The van der Waals surface area contributed by atoms with Gasteiger partial charge in [0.05, 0.1) is 12.6 Å². The molecule has 1 N–H and O–H groups in total. The van der Waals surface area contributed by atoms with Crippen molar-refractivity contribution in [2.24, 2.45) is 11.8 Å². The first kappa shape index (κ1) is 18.7. The fourth-order valence-corrected chi connectivity index (χ4v) is 5.39. The molecule has 1 aromatic carbocycles. The monoisotopic (exact) mass is 411 g/mol. The van der Waals surface area contributed by atoms with Gasteiger partial charge in [0.2, 0.25) is 11.9 Å². The maximum atomic E-state index is 11.9. The average molecular weight is 412 g/mol. The second-order valence-electron chi connectivity index (χ2n) is 8.75. The smallest absolute Gasteiger partial charge is 0.231 e. The van der Waals surface area contributed by atoms with Gasteiger partial charge in [0.1, 0.15) is 5.02 Å². The zero-order chi connectivity index (χ0) is 20.1. The summed E-state index contributed by atoms with van der Waals surface area (Å²) in [6, 6.07) is 6.41. The number of fused-ring (bicyclic) bond motifs is 3. The number of nitrogens with zero attached hydrogens (tertiary/aromatic N) is 4. The summed E-state index contributed by atoms with van der Waals surface area (Å²) in [6.45, 7) is 0. The van der Waals surface area contributed by atoms with Crippen molar-refractivity contribution in [3.05, 3.63) is 35.0 Å². The molecule has 5 rings (SSSR count). The van der Waals surface area contributed by atoms with Crippen LogP contribution in [0.15, 0.2) is 24.4 Å². The van der Waals surface area contributed by atoms with Crippen LogP contribution in [0.1, 0.15) is 37.7 Å². The molecule has 152 valence electrons. The number of carbonyl (C=O) groups excluding carboxylic acids is 1. The average Bonchev–Trinajstić information content (AvgIpc) is 3.20. The summed E-state index contributed by atoms with van der Waals surface area (Å²) in [5.74, 6) is 3.14. The van der Waals surface area contributed by atoms with Gasteiger partial charge in [0.15, 0.2) is 5.82 Å². The molecule has 2 aromatic rings. The van der Waals surface area contributed by atoms with Crippen LogP contribution >= 0.6 is 11.6 Å². The lowest BCUT2D eigenvalue weighted by Crippen LogP contribution is -2.37. The highest BCUT2D eigenvalue weighted by molar-refractivity contribution is 6.32. The summed E-state index contributed by atoms with van der Waals surface area (Å²) in [7, 11) is 3.90. The maximum Gasteiger partial charge on any atom is 0.231 e. The second kappa shape index (κ2) is 7.17. The highest BCUT2D eigenvalue weighted by atomic mass is 35.5. The fourth-order valence-electron chi connectivity index (χ4n) is 5.25. The molecule has 2 bridgehead atoms. The topological polar surface area (TPSA) is 61.4 Å². The molecule has 0 saturated heterocycles. The Morgan fingerprint density at radius 2 is 1.97 bits per heavy atom. The Kier molecular flexibility index (Phi) is 4.62. The Labute approximate surface area is 176 Å². The molecule has 7 heteroatoms. The van der Waals surface area contributed by atoms with Crippen molar-refractivity contribution in [2.75, 3.05) is 29.2 Å². The van der Waals surface area contributed by atoms with Crippen LogP contribution in [0.4, 0.5) is 23.1 Å². The first-order valence-electron chi connectivity index (χ1n) is 10.4. The van der Waals surface area contributed by atoms with Gasteiger partial charge in [0.25, 0.3) is 0 Å². The SMILES string of the molecule is CN1C(=O)Cc2cc(Nc3nc(N(C)[C@@H]4C[C@@H]5CC[C@@H](C5)C4)ncc3Cl)ccc21. The highest BCUT2D eigenvalue weighted by Gasteiger charge is 2.36. The van der Waals surface area contributed by atoms with Gasteiger partial charge in [-0.05, 0) is 54.9 Å². The van der Waals surface area contributed by atoms with Gasteiger partial charge >= 0.3 is 0 Å². The van der Waals surface area contributed by atoms with Gasteiger partial charge in [-0.25, -0.2) is 4.98 Å². The Balaban J connectivity index is 1.36. The lowest BCUT2D eigenvalue weighted by atomic mass is 9.85. The van der Waals surface area contributed by atoms with Gasteiger partial charge in [-0.15, -0.1) is 0 Å². The summed E-state index contributed by atoms with van der Waals surface area (Å²) in [6.07, 6.45) is 8.71. The van der Waals surface area contributed by atoms with E-state index in [-0.39, 0.29) is 5.91 Å². The number of amides is 1. The van der Waals surface area contributed by atoms with Crippen LogP contribution in [-0.2, 0) is 11.2 Å². The molecule has 3 aliphatic rings. The number of hydrogen-bond acceptors (Lipinski definition) is 5. The molecule has 2 aliphatic carbocycles. The lowest BCUT2D eigenvalue weighted by molar-refractivity contribution is -0.117. The molecule has 2 heterocycles. The van der Waals surface area contributed by atoms with Crippen molar-refractivity contribution < 1.29 is 4.79 Å². The molecule has 0 spiro atoms. The number of benzene rings is 1. The third-order valence-corrected chi connectivity index (χ3v) is 7.15. The van der Waals surface area contributed by atoms with Gasteiger partial charge in [0, 0.05) is 31.5 Å². The summed E-state index contributed by atoms with van der Waals surface area (Å²) >= 11 is 6.39. The van der Waals surface area contributed by atoms with Crippen LogP contribution in [0.25, 0.3) is 0 Å². The largest absolute Gasteiger partial charge is 0.341 e. The van der Waals surface area contributed by atoms with Gasteiger partial charge in [-0.2, -0.15) is 4.98 Å². The Bertz CT molecular complexity index is 952. The second-order valence-corrected chi connectivity index (χ2v) is 9.15. The number of likely N-dealkylation sites (N-methyl/N-ethyl adjacent to an activating group) is 1. The molecular formula is C22H26ClN5O. The number of hydrogen-bond donors (Lipinski definition) is 1. The van der Waals surface area contributed by atoms with E-state index in [1.807, 2.05) is 25.2 Å². The van der Waals surface area contributed by atoms with Crippen LogP contribution in [0, 0.1) is 11.8 Å². The summed E-state index contributed by atoms with van der Waals surface area (Å²) in [4.78, 5) is 25.1. The third kappa shape index (κ3) is 3.44. The number of anilines is 4. The minimum Gasteiger partial charge on any atom is -0.341 e. The third-order valence-electron chi connectivity index (χ3n) is 6.87. The van der Waals surface area contributed by atoms with E-state index in [0.29, 0.717) is 29.3 Å². The van der Waals surface area contributed by atoms with E-state index in [4.69, 9.17) is 16.6 Å². The van der Waals surface area contributed by atoms with E-state index < -0.39 is 0 Å². The van der Waals surface area contributed by atoms with E-state index in [2.05, 4.69) is 22.2 Å². The van der Waals surface area contributed by atoms with E-state index >= 15 is 0 Å². The number of nitrogens with one attached hydrogen (secondary N) is 1. The molecule has 2 saturated carbocycles. The summed E-state index contributed by atoms with van der Waals surface area (Å²) < 4.78 is 0. The Morgan fingerprint density at radius 1 is 1.21 bits per heavy atom. The first-order chi connectivity index (χ1) is 14.0. The van der Waals surface area contributed by atoms with Gasteiger partial charge in [-0.1, -0.05) is 24.4 Å². The first-order valence-corrected chi connectivity index (χ1v) is 10.8. The van der Waals surface area contributed by atoms with Gasteiger partial charge in [-0.3, -0.25) is 4.79 Å². The van der Waals surface area contributed by atoms with Crippen molar-refractivity contribution in [3.8, 4) is 0 Å². The minimum absolute atomic E-state index is 0.113. The fraction of sp³-hybridized carbons (Fsp3) is 0.500. The van der Waals surface area contributed by atoms with E-state index in [9.17, 15) is 4.79 Å². The molecule has 1 aliphatic heterocycles. The lowest BCUT2D eigenvalue weighted by Gasteiger charge is -2.35. The van der Waals surface area contributed by atoms with Crippen molar-refractivity contribution in [1.29, 1.82) is 0 Å². The van der Waals surface area contributed by atoms with Crippen LogP contribution in [0.2, 0.25) is 5.02 Å². The molecule has 1 amide bonds. The Hall–Kier alpha value is -2.34. The van der Waals surface area contributed by atoms with Gasteiger partial charge < -0.3 is 15.1 Å². The number of halogens is 1. The zero-order valence-electron chi connectivity index (χ0n) is 16.9. The maximum absolute atomic E-state index is 11.9. The Morgan fingerprint density at radius 3 is 2.72 bits per heavy atom. The predicted molar refractivity (Wildman–Crippen MR) is 116 cm³/mol. The summed E-state index contributed by atoms with van der Waals surface area (Å²) in [5, 5.41) is 3.81. The summed E-state index contributed by atoms with van der Waals surface area (Å²) in [5.41, 5.74) is 2.85. The molecule has 0 radical (unpaired) electrons. The normalized spacial score (nSPS) is 25.3. The number of rotatable bonds is 4. The van der Waals surface area contributed by atoms with Crippen LogP contribution in [0.3, 0.4) is 0 Å². The van der Waals surface area contributed by atoms with E-state index in [1.54, 1.807) is 11.1 Å². The molecule has 1 aromatic heterocycles. The van der Waals surface area contributed by atoms with Crippen LogP contribution in [-0.4, -0.2) is 36.0 Å². The van der Waals surface area contributed by atoms with Crippen LogP contribution < -0.4 is 15.1 Å². The van der Waals surface area contributed by atoms with Crippen molar-refractivity contribution in [2.45, 2.75) is 44.6 Å². The number of carbonyl (C=O) groups is 1. The van der Waals surface area contributed by atoms with E-state index in [1.165, 1.54) is 32.1 Å². The van der Waals surface area contributed by atoms with Crippen molar-refractivity contribution in [1.82, 2.24) is 9.97 Å². The quantitative estimate of drug-likeness (QED) is 0.807.